The fourth-order valence-corrected chi connectivity index (χ4v) is 2.73. The summed E-state index contributed by atoms with van der Waals surface area (Å²) in [4.78, 5) is 16.1. The molecule has 2 rings (SSSR count). The zero-order chi connectivity index (χ0) is 21.9. The van der Waals surface area contributed by atoms with Gasteiger partial charge in [0, 0.05) is 19.7 Å². The van der Waals surface area contributed by atoms with Gasteiger partial charge in [-0.05, 0) is 36.8 Å². The highest BCUT2D eigenvalue weighted by atomic mass is 16.5. The Morgan fingerprint density at radius 2 is 1.80 bits per heavy atom. The number of ether oxygens (including phenoxy) is 4. The molecular formula is C22H29N3O5. The van der Waals surface area contributed by atoms with Gasteiger partial charge in [-0.15, -0.1) is 0 Å². The highest BCUT2D eigenvalue weighted by Crippen LogP contribution is 2.21. The zero-order valence-electron chi connectivity index (χ0n) is 18.0. The fourth-order valence-electron chi connectivity index (χ4n) is 2.73. The topological polar surface area (TPSA) is 90.4 Å². The predicted molar refractivity (Wildman–Crippen MR) is 116 cm³/mol. The number of guanidine groups is 1. The van der Waals surface area contributed by atoms with Crippen molar-refractivity contribution in [2.45, 2.75) is 19.6 Å². The third-order valence-electron chi connectivity index (χ3n) is 4.29. The summed E-state index contributed by atoms with van der Waals surface area (Å²) in [6.07, 6.45) is -0.0948. The Morgan fingerprint density at radius 3 is 2.47 bits per heavy atom. The number of hydrogen-bond donors (Lipinski definition) is 2. The second-order valence-corrected chi connectivity index (χ2v) is 6.44. The molecule has 1 unspecified atom stereocenters. The lowest BCUT2D eigenvalue weighted by Gasteiger charge is -2.18. The molecule has 0 radical (unpaired) electrons. The molecular weight excluding hydrogens is 386 g/mol. The van der Waals surface area contributed by atoms with Crippen LogP contribution in [-0.2, 0) is 11.3 Å². The SMILES string of the molecule is CN=C(NCc1ccc(OC)c(C(=O)OC)c1)NCC(C)Oc1cccc(OC)c1. The van der Waals surface area contributed by atoms with Gasteiger partial charge in [-0.1, -0.05) is 12.1 Å². The lowest BCUT2D eigenvalue weighted by atomic mass is 10.1. The van der Waals surface area contributed by atoms with Crippen molar-refractivity contribution in [1.29, 1.82) is 0 Å². The maximum atomic E-state index is 11.9. The number of methoxy groups -OCH3 is 3. The van der Waals surface area contributed by atoms with Gasteiger partial charge in [-0.25, -0.2) is 4.79 Å². The lowest BCUT2D eigenvalue weighted by molar-refractivity contribution is 0.0597. The van der Waals surface area contributed by atoms with E-state index in [1.54, 1.807) is 26.3 Å². The number of carbonyl (C=O) groups is 1. The van der Waals surface area contributed by atoms with Crippen molar-refractivity contribution in [3.8, 4) is 17.2 Å². The van der Waals surface area contributed by atoms with E-state index in [0.29, 0.717) is 30.4 Å². The average Bonchev–Trinajstić information content (AvgIpc) is 2.78. The Morgan fingerprint density at radius 1 is 1.03 bits per heavy atom. The second kappa shape index (κ2) is 11.5. The van der Waals surface area contributed by atoms with Crippen molar-refractivity contribution in [1.82, 2.24) is 10.6 Å². The number of rotatable bonds is 9. The van der Waals surface area contributed by atoms with Crippen LogP contribution in [0.3, 0.4) is 0 Å². The molecule has 8 heteroatoms. The molecule has 2 aromatic carbocycles. The molecule has 0 aliphatic rings. The molecule has 0 spiro atoms. The summed E-state index contributed by atoms with van der Waals surface area (Å²) in [7, 11) is 6.17. The average molecular weight is 415 g/mol. The summed E-state index contributed by atoms with van der Waals surface area (Å²) < 4.78 is 21.1. The molecule has 0 amide bonds. The number of aliphatic imine (C=N–C) groups is 1. The number of nitrogens with zero attached hydrogens (tertiary/aromatic N) is 1. The molecule has 2 N–H and O–H groups in total. The van der Waals surface area contributed by atoms with Crippen LogP contribution in [-0.4, -0.2) is 53.0 Å². The highest BCUT2D eigenvalue weighted by molar-refractivity contribution is 5.92. The van der Waals surface area contributed by atoms with Crippen molar-refractivity contribution in [2.75, 3.05) is 34.9 Å². The minimum absolute atomic E-state index is 0.0948. The van der Waals surface area contributed by atoms with Crippen LogP contribution in [0.1, 0.15) is 22.8 Å². The number of hydrogen-bond acceptors (Lipinski definition) is 6. The molecule has 0 bridgehead atoms. The summed E-state index contributed by atoms with van der Waals surface area (Å²) in [5.74, 6) is 2.12. The largest absolute Gasteiger partial charge is 0.497 e. The van der Waals surface area contributed by atoms with Crippen molar-refractivity contribution >= 4 is 11.9 Å². The highest BCUT2D eigenvalue weighted by Gasteiger charge is 2.14. The lowest BCUT2D eigenvalue weighted by Crippen LogP contribution is -2.41. The van der Waals surface area contributed by atoms with Crippen LogP contribution in [0.2, 0.25) is 0 Å². The number of carbonyl (C=O) groups excluding carboxylic acids is 1. The maximum absolute atomic E-state index is 11.9. The molecule has 0 aromatic heterocycles. The molecule has 0 aliphatic heterocycles. The summed E-state index contributed by atoms with van der Waals surface area (Å²) >= 11 is 0. The van der Waals surface area contributed by atoms with Gasteiger partial charge in [0.2, 0.25) is 0 Å². The van der Waals surface area contributed by atoms with E-state index in [1.807, 2.05) is 37.3 Å². The van der Waals surface area contributed by atoms with E-state index in [9.17, 15) is 4.79 Å². The first-order valence-electron chi connectivity index (χ1n) is 9.51. The summed E-state index contributed by atoms with van der Waals surface area (Å²) in [5.41, 5.74) is 1.27. The van der Waals surface area contributed by atoms with Crippen LogP contribution in [0.15, 0.2) is 47.5 Å². The van der Waals surface area contributed by atoms with Crippen molar-refractivity contribution in [3.63, 3.8) is 0 Å². The summed E-state index contributed by atoms with van der Waals surface area (Å²) in [6.45, 7) is 2.98. The third kappa shape index (κ3) is 6.58. The van der Waals surface area contributed by atoms with Gasteiger partial charge in [0.25, 0.3) is 0 Å². The van der Waals surface area contributed by atoms with E-state index >= 15 is 0 Å². The van der Waals surface area contributed by atoms with Gasteiger partial charge >= 0.3 is 5.97 Å². The smallest absolute Gasteiger partial charge is 0.341 e. The Hall–Kier alpha value is -3.42. The molecule has 162 valence electrons. The second-order valence-electron chi connectivity index (χ2n) is 6.44. The van der Waals surface area contributed by atoms with Gasteiger partial charge in [0.05, 0.1) is 27.9 Å². The first kappa shape index (κ1) is 22.9. The Kier molecular flexibility index (Phi) is 8.80. The van der Waals surface area contributed by atoms with Crippen LogP contribution in [0.4, 0.5) is 0 Å². The van der Waals surface area contributed by atoms with E-state index in [1.165, 1.54) is 14.2 Å². The quantitative estimate of drug-likeness (QED) is 0.370. The Labute approximate surface area is 177 Å². The Balaban J connectivity index is 1.89. The van der Waals surface area contributed by atoms with Gasteiger partial charge < -0.3 is 29.6 Å². The van der Waals surface area contributed by atoms with Crippen molar-refractivity contribution in [3.05, 3.63) is 53.6 Å². The Bertz CT molecular complexity index is 870. The van der Waals surface area contributed by atoms with Crippen LogP contribution < -0.4 is 24.8 Å². The standard InChI is InChI=1S/C22H29N3O5/c1-15(30-18-8-6-7-17(12-18)27-3)13-24-22(23-2)25-14-16-9-10-20(28-4)19(11-16)21(26)29-5/h6-12,15H,13-14H2,1-5H3,(H2,23,24,25). The molecule has 0 saturated heterocycles. The number of esters is 1. The third-order valence-corrected chi connectivity index (χ3v) is 4.29. The molecule has 1 atom stereocenters. The molecule has 2 aromatic rings. The zero-order valence-corrected chi connectivity index (χ0v) is 18.0. The first-order valence-corrected chi connectivity index (χ1v) is 9.51. The van der Waals surface area contributed by atoms with Gasteiger partial charge in [-0.2, -0.15) is 0 Å². The van der Waals surface area contributed by atoms with Crippen molar-refractivity contribution in [2.24, 2.45) is 4.99 Å². The molecule has 8 nitrogen and oxygen atoms in total. The van der Waals surface area contributed by atoms with Gasteiger partial charge in [-0.3, -0.25) is 4.99 Å². The summed E-state index contributed by atoms with van der Waals surface area (Å²) in [6, 6.07) is 12.8. The minimum Gasteiger partial charge on any atom is -0.497 e. The molecule has 30 heavy (non-hydrogen) atoms. The van der Waals surface area contributed by atoms with E-state index < -0.39 is 5.97 Å². The minimum atomic E-state index is -0.445. The number of benzene rings is 2. The fraction of sp³-hybridized carbons (Fsp3) is 0.364. The number of nitrogens with one attached hydrogen (secondary N) is 2. The van der Waals surface area contributed by atoms with E-state index in [0.717, 1.165) is 17.1 Å². The maximum Gasteiger partial charge on any atom is 0.341 e. The van der Waals surface area contributed by atoms with Crippen LogP contribution >= 0.6 is 0 Å². The van der Waals surface area contributed by atoms with Gasteiger partial charge in [0.1, 0.15) is 28.9 Å². The van der Waals surface area contributed by atoms with Crippen molar-refractivity contribution < 1.29 is 23.7 Å². The van der Waals surface area contributed by atoms with Gasteiger partial charge in [0.15, 0.2) is 5.96 Å². The van der Waals surface area contributed by atoms with Crippen LogP contribution in [0.25, 0.3) is 0 Å². The first-order chi connectivity index (χ1) is 14.5. The molecule has 0 heterocycles. The van der Waals surface area contributed by atoms with E-state index in [-0.39, 0.29) is 6.10 Å². The van der Waals surface area contributed by atoms with E-state index in [4.69, 9.17) is 18.9 Å². The summed E-state index contributed by atoms with van der Waals surface area (Å²) in [5, 5.41) is 6.44. The van der Waals surface area contributed by atoms with E-state index in [2.05, 4.69) is 15.6 Å². The predicted octanol–water partition coefficient (Wildman–Crippen LogP) is 2.62. The normalized spacial score (nSPS) is 12.0. The molecule has 0 fully saturated rings. The van der Waals surface area contributed by atoms with Crippen LogP contribution in [0, 0.1) is 0 Å². The molecule has 0 aliphatic carbocycles. The monoisotopic (exact) mass is 415 g/mol. The molecule has 0 saturated carbocycles. The van der Waals surface area contributed by atoms with Crippen LogP contribution in [0.5, 0.6) is 17.2 Å².